The van der Waals surface area contributed by atoms with E-state index in [1.54, 1.807) is 6.07 Å². The van der Waals surface area contributed by atoms with Crippen LogP contribution in [0.3, 0.4) is 0 Å². The van der Waals surface area contributed by atoms with E-state index in [4.69, 9.17) is 11.6 Å². The Morgan fingerprint density at radius 1 is 1.61 bits per heavy atom. The van der Waals surface area contributed by atoms with E-state index in [-0.39, 0.29) is 11.9 Å². The number of pyridine rings is 1. The molecule has 0 saturated heterocycles. The summed E-state index contributed by atoms with van der Waals surface area (Å²) in [6.45, 7) is 4.77. The first-order chi connectivity index (χ1) is 8.61. The number of amides is 1. The lowest BCUT2D eigenvalue weighted by Gasteiger charge is -2.14. The minimum atomic E-state index is -0.124. The van der Waals surface area contributed by atoms with Gasteiger partial charge in [-0.05, 0) is 38.7 Å². The SMILES string of the molecule is CCNc1cc(C(=O)NC(C)C2CC2)c(Cl)cn1. The van der Waals surface area contributed by atoms with Gasteiger partial charge in [0, 0.05) is 18.8 Å². The molecule has 0 radical (unpaired) electrons. The van der Waals surface area contributed by atoms with Crippen LogP contribution in [0.1, 0.15) is 37.0 Å². The molecule has 0 aromatic carbocycles. The van der Waals surface area contributed by atoms with E-state index in [0.717, 1.165) is 6.54 Å². The van der Waals surface area contributed by atoms with Crippen molar-refractivity contribution in [2.45, 2.75) is 32.7 Å². The smallest absolute Gasteiger partial charge is 0.253 e. The highest BCUT2D eigenvalue weighted by atomic mass is 35.5. The van der Waals surface area contributed by atoms with Gasteiger partial charge in [0.05, 0.1) is 10.6 Å². The lowest BCUT2D eigenvalue weighted by molar-refractivity contribution is 0.0936. The number of halogens is 1. The van der Waals surface area contributed by atoms with E-state index in [1.807, 2.05) is 13.8 Å². The number of nitrogens with one attached hydrogen (secondary N) is 2. The molecule has 1 unspecified atom stereocenters. The monoisotopic (exact) mass is 267 g/mol. The first kappa shape index (κ1) is 13.1. The van der Waals surface area contributed by atoms with E-state index in [9.17, 15) is 4.79 Å². The molecule has 4 nitrogen and oxygen atoms in total. The van der Waals surface area contributed by atoms with E-state index < -0.39 is 0 Å². The van der Waals surface area contributed by atoms with Crippen LogP contribution < -0.4 is 10.6 Å². The number of hydrogen-bond donors (Lipinski definition) is 2. The first-order valence-electron chi connectivity index (χ1n) is 6.32. The molecule has 1 aliphatic carbocycles. The second-order valence-corrected chi connectivity index (χ2v) is 5.09. The number of rotatable bonds is 5. The van der Waals surface area contributed by atoms with Crippen LogP contribution in [0, 0.1) is 5.92 Å². The van der Waals surface area contributed by atoms with E-state index in [0.29, 0.717) is 22.3 Å². The molecule has 1 fully saturated rings. The molecule has 5 heteroatoms. The zero-order chi connectivity index (χ0) is 13.1. The Hall–Kier alpha value is -1.29. The van der Waals surface area contributed by atoms with Gasteiger partial charge in [0.15, 0.2) is 0 Å². The van der Waals surface area contributed by atoms with Gasteiger partial charge in [-0.2, -0.15) is 0 Å². The van der Waals surface area contributed by atoms with Crippen LogP contribution >= 0.6 is 11.6 Å². The Labute approximate surface area is 112 Å². The maximum Gasteiger partial charge on any atom is 0.253 e. The van der Waals surface area contributed by atoms with Crippen LogP contribution in [0.15, 0.2) is 12.3 Å². The molecule has 98 valence electrons. The van der Waals surface area contributed by atoms with Crippen molar-refractivity contribution in [3.63, 3.8) is 0 Å². The number of carbonyl (C=O) groups is 1. The van der Waals surface area contributed by atoms with Crippen LogP contribution in [-0.2, 0) is 0 Å². The first-order valence-corrected chi connectivity index (χ1v) is 6.70. The average Bonchev–Trinajstić information content (AvgIpc) is 3.15. The summed E-state index contributed by atoms with van der Waals surface area (Å²) in [6, 6.07) is 1.91. The van der Waals surface area contributed by atoms with Gasteiger partial charge in [-0.3, -0.25) is 4.79 Å². The number of aromatic nitrogens is 1. The summed E-state index contributed by atoms with van der Waals surface area (Å²) in [5.74, 6) is 1.18. The molecule has 2 N–H and O–H groups in total. The van der Waals surface area contributed by atoms with Crippen molar-refractivity contribution in [2.24, 2.45) is 5.92 Å². The average molecular weight is 268 g/mol. The van der Waals surface area contributed by atoms with Crippen molar-refractivity contribution >= 4 is 23.3 Å². The van der Waals surface area contributed by atoms with Crippen molar-refractivity contribution in [3.8, 4) is 0 Å². The second-order valence-electron chi connectivity index (χ2n) is 4.68. The quantitative estimate of drug-likeness (QED) is 0.862. The molecule has 1 heterocycles. The molecular formula is C13H18ClN3O. The zero-order valence-electron chi connectivity index (χ0n) is 10.7. The highest BCUT2D eigenvalue weighted by molar-refractivity contribution is 6.33. The lowest BCUT2D eigenvalue weighted by Crippen LogP contribution is -2.34. The second kappa shape index (κ2) is 5.57. The standard InChI is InChI=1S/C13H18ClN3O/c1-3-15-12-6-10(11(14)7-16-12)13(18)17-8(2)9-4-5-9/h6-9H,3-5H2,1-2H3,(H,15,16)(H,17,18). The molecule has 0 spiro atoms. The van der Waals surface area contributed by atoms with E-state index >= 15 is 0 Å². The van der Waals surface area contributed by atoms with Crippen molar-refractivity contribution < 1.29 is 4.79 Å². The van der Waals surface area contributed by atoms with Crippen LogP contribution in [0.25, 0.3) is 0 Å². The number of carbonyl (C=O) groups excluding carboxylic acids is 1. The maximum atomic E-state index is 12.1. The van der Waals surface area contributed by atoms with Crippen molar-refractivity contribution in [3.05, 3.63) is 22.8 Å². The van der Waals surface area contributed by atoms with Gasteiger partial charge in [0.25, 0.3) is 5.91 Å². The largest absolute Gasteiger partial charge is 0.370 e. The van der Waals surface area contributed by atoms with Crippen molar-refractivity contribution in [1.29, 1.82) is 0 Å². The molecule has 1 aliphatic rings. The fourth-order valence-electron chi connectivity index (χ4n) is 1.89. The fraction of sp³-hybridized carbons (Fsp3) is 0.538. The van der Waals surface area contributed by atoms with Gasteiger partial charge in [0.2, 0.25) is 0 Å². The Balaban J connectivity index is 2.09. The summed E-state index contributed by atoms with van der Waals surface area (Å²) >= 11 is 6.02. The maximum absolute atomic E-state index is 12.1. The molecule has 18 heavy (non-hydrogen) atoms. The highest BCUT2D eigenvalue weighted by Gasteiger charge is 2.29. The molecule has 1 atom stereocenters. The minimum absolute atomic E-state index is 0.124. The van der Waals surface area contributed by atoms with Crippen LogP contribution in [-0.4, -0.2) is 23.5 Å². The summed E-state index contributed by atoms with van der Waals surface area (Å²) in [4.78, 5) is 16.2. The fourth-order valence-corrected chi connectivity index (χ4v) is 2.08. The summed E-state index contributed by atoms with van der Waals surface area (Å²) in [5.41, 5.74) is 0.482. The van der Waals surface area contributed by atoms with Crippen LogP contribution in [0.5, 0.6) is 0 Å². The van der Waals surface area contributed by atoms with E-state index in [2.05, 4.69) is 15.6 Å². The third-order valence-corrected chi connectivity index (χ3v) is 3.45. The molecule has 2 rings (SSSR count). The zero-order valence-corrected chi connectivity index (χ0v) is 11.4. The van der Waals surface area contributed by atoms with E-state index in [1.165, 1.54) is 19.0 Å². The third kappa shape index (κ3) is 3.13. The molecule has 1 saturated carbocycles. The van der Waals surface area contributed by atoms with Gasteiger partial charge in [-0.1, -0.05) is 11.6 Å². The van der Waals surface area contributed by atoms with Gasteiger partial charge in [-0.15, -0.1) is 0 Å². The Bertz CT molecular complexity index is 446. The minimum Gasteiger partial charge on any atom is -0.370 e. The van der Waals surface area contributed by atoms with Crippen LogP contribution in [0.2, 0.25) is 5.02 Å². The normalized spacial score (nSPS) is 16.2. The summed E-state index contributed by atoms with van der Waals surface area (Å²) in [5, 5.41) is 6.44. The summed E-state index contributed by atoms with van der Waals surface area (Å²) < 4.78 is 0. The molecule has 0 aliphatic heterocycles. The lowest BCUT2D eigenvalue weighted by atomic mass is 10.2. The molecule has 0 bridgehead atoms. The van der Waals surface area contributed by atoms with Gasteiger partial charge in [0.1, 0.15) is 5.82 Å². The molecule has 1 aromatic heterocycles. The molecular weight excluding hydrogens is 250 g/mol. The molecule has 1 amide bonds. The Morgan fingerprint density at radius 3 is 2.94 bits per heavy atom. The number of anilines is 1. The van der Waals surface area contributed by atoms with Gasteiger partial charge < -0.3 is 10.6 Å². The summed E-state index contributed by atoms with van der Waals surface area (Å²) in [6.07, 6.45) is 3.92. The number of hydrogen-bond acceptors (Lipinski definition) is 3. The third-order valence-electron chi connectivity index (χ3n) is 3.15. The van der Waals surface area contributed by atoms with Gasteiger partial charge >= 0.3 is 0 Å². The van der Waals surface area contributed by atoms with Crippen LogP contribution in [0.4, 0.5) is 5.82 Å². The topological polar surface area (TPSA) is 54.0 Å². The number of nitrogens with zero attached hydrogens (tertiary/aromatic N) is 1. The summed E-state index contributed by atoms with van der Waals surface area (Å²) in [7, 11) is 0. The molecule has 1 aromatic rings. The highest BCUT2D eigenvalue weighted by Crippen LogP contribution is 2.32. The van der Waals surface area contributed by atoms with Gasteiger partial charge in [-0.25, -0.2) is 4.98 Å². The Kier molecular flexibility index (Phi) is 4.07. The predicted molar refractivity (Wildman–Crippen MR) is 73.1 cm³/mol. The Morgan fingerprint density at radius 2 is 2.33 bits per heavy atom. The van der Waals surface area contributed by atoms with Crippen molar-refractivity contribution in [1.82, 2.24) is 10.3 Å². The predicted octanol–water partition coefficient (Wildman–Crippen LogP) is 2.70. The van der Waals surface area contributed by atoms with Crippen molar-refractivity contribution in [2.75, 3.05) is 11.9 Å².